The number of phenolic OH excluding ortho intramolecular Hbond substituents is 1. The predicted octanol–water partition coefficient (Wildman–Crippen LogP) is 5.27. The molecule has 0 aromatic heterocycles. The first-order chi connectivity index (χ1) is 12.6. The summed E-state index contributed by atoms with van der Waals surface area (Å²) in [7, 11) is 1.77. The molecule has 3 rings (SSSR count). The fourth-order valence-electron chi connectivity index (χ4n) is 3.27. The topological polar surface area (TPSA) is 26.7 Å². The number of halogens is 1. The number of benzene rings is 2. The van der Waals surface area contributed by atoms with Gasteiger partial charge in [-0.3, -0.25) is 0 Å². The molecule has 2 aromatic rings. The van der Waals surface area contributed by atoms with Crippen molar-refractivity contribution in [2.75, 3.05) is 35.6 Å². The first-order valence-corrected chi connectivity index (χ1v) is 10.4. The summed E-state index contributed by atoms with van der Waals surface area (Å²) in [6.45, 7) is 5.73. The van der Waals surface area contributed by atoms with Gasteiger partial charge in [-0.1, -0.05) is 56.1 Å². The van der Waals surface area contributed by atoms with E-state index in [2.05, 4.69) is 17.0 Å². The molecule has 2 aromatic carbocycles. The highest BCUT2D eigenvalue weighted by Crippen LogP contribution is 2.42. The minimum absolute atomic E-state index is 0.00899. The molecule has 0 spiro atoms. The quantitative estimate of drug-likeness (QED) is 0.720. The lowest BCUT2D eigenvalue weighted by atomic mass is 9.99. The number of hydrogen-bond donors (Lipinski definition) is 1. The average Bonchev–Trinajstić information content (AvgIpc) is 2.68. The van der Waals surface area contributed by atoms with E-state index in [1.807, 2.05) is 38.3 Å². The summed E-state index contributed by atoms with van der Waals surface area (Å²) in [6, 6.07) is 12.0. The van der Waals surface area contributed by atoms with E-state index in [0.717, 1.165) is 43.6 Å². The SMILES string of the molecule is CC.CSN(C)c1c(O)cc2c(c1F)CCCN2CCc1ccccc1. The number of aromatic hydroxyl groups is 1. The molecular formula is C21H29FN2OS. The lowest BCUT2D eigenvalue weighted by molar-refractivity contribution is 0.468. The first kappa shape index (κ1) is 20.4. The van der Waals surface area contributed by atoms with Crippen LogP contribution < -0.4 is 9.21 Å². The second-order valence-corrected chi connectivity index (χ2v) is 6.98. The normalized spacial score (nSPS) is 12.9. The second-order valence-electron chi connectivity index (χ2n) is 6.06. The minimum atomic E-state index is -0.286. The van der Waals surface area contributed by atoms with Crippen LogP contribution in [0.4, 0.5) is 15.8 Å². The molecule has 0 amide bonds. The van der Waals surface area contributed by atoms with Crippen LogP contribution in [0, 0.1) is 5.82 Å². The molecule has 26 heavy (non-hydrogen) atoms. The van der Waals surface area contributed by atoms with E-state index in [4.69, 9.17) is 0 Å². The van der Waals surface area contributed by atoms with Crippen molar-refractivity contribution in [1.82, 2.24) is 0 Å². The van der Waals surface area contributed by atoms with Crippen LogP contribution in [0.25, 0.3) is 0 Å². The average molecular weight is 377 g/mol. The van der Waals surface area contributed by atoms with Gasteiger partial charge in [-0.05, 0) is 24.8 Å². The lowest BCUT2D eigenvalue weighted by Gasteiger charge is -2.33. The molecule has 0 bridgehead atoms. The Morgan fingerprint density at radius 2 is 1.92 bits per heavy atom. The maximum atomic E-state index is 14.9. The highest BCUT2D eigenvalue weighted by molar-refractivity contribution is 7.99. The Kier molecular flexibility index (Phi) is 7.64. The van der Waals surface area contributed by atoms with E-state index < -0.39 is 0 Å². The van der Waals surface area contributed by atoms with Gasteiger partial charge < -0.3 is 14.3 Å². The third-order valence-electron chi connectivity index (χ3n) is 4.60. The summed E-state index contributed by atoms with van der Waals surface area (Å²) in [5, 5.41) is 10.3. The van der Waals surface area contributed by atoms with Gasteiger partial charge in [-0.25, -0.2) is 4.39 Å². The third kappa shape index (κ3) is 4.44. The Hall–Kier alpha value is -1.88. The summed E-state index contributed by atoms with van der Waals surface area (Å²) in [5.41, 5.74) is 3.12. The molecule has 1 aliphatic rings. The molecule has 1 N–H and O–H groups in total. The fraction of sp³-hybridized carbons (Fsp3) is 0.429. The molecule has 0 unspecified atom stereocenters. The Morgan fingerprint density at radius 1 is 1.23 bits per heavy atom. The van der Waals surface area contributed by atoms with Crippen LogP contribution in [0.15, 0.2) is 36.4 Å². The van der Waals surface area contributed by atoms with Gasteiger partial charge in [-0.15, -0.1) is 0 Å². The van der Waals surface area contributed by atoms with Crippen molar-refractivity contribution >= 4 is 23.3 Å². The zero-order valence-electron chi connectivity index (χ0n) is 16.1. The lowest BCUT2D eigenvalue weighted by Crippen LogP contribution is -2.32. The molecule has 3 nitrogen and oxygen atoms in total. The monoisotopic (exact) mass is 376 g/mol. The fourth-order valence-corrected chi connectivity index (χ4v) is 3.63. The largest absolute Gasteiger partial charge is 0.506 e. The number of nitrogens with zero attached hydrogens (tertiary/aromatic N) is 2. The van der Waals surface area contributed by atoms with Crippen molar-refractivity contribution in [3.05, 3.63) is 53.3 Å². The smallest absolute Gasteiger partial charge is 0.156 e. The Morgan fingerprint density at radius 3 is 2.58 bits per heavy atom. The van der Waals surface area contributed by atoms with E-state index >= 15 is 0 Å². The number of anilines is 2. The van der Waals surface area contributed by atoms with Crippen molar-refractivity contribution in [2.45, 2.75) is 33.1 Å². The molecule has 1 aliphatic heterocycles. The van der Waals surface area contributed by atoms with Crippen molar-refractivity contribution in [3.8, 4) is 5.75 Å². The molecule has 0 saturated carbocycles. The molecule has 0 atom stereocenters. The van der Waals surface area contributed by atoms with E-state index in [1.165, 1.54) is 17.5 Å². The molecular weight excluding hydrogens is 347 g/mol. The maximum absolute atomic E-state index is 14.9. The molecule has 1 heterocycles. The van der Waals surface area contributed by atoms with Crippen LogP contribution in [0.2, 0.25) is 0 Å². The van der Waals surface area contributed by atoms with E-state index in [9.17, 15) is 9.50 Å². The minimum Gasteiger partial charge on any atom is -0.506 e. The summed E-state index contributed by atoms with van der Waals surface area (Å²) in [6.07, 6.45) is 4.43. The zero-order chi connectivity index (χ0) is 19.1. The Balaban J connectivity index is 0.00000117. The summed E-state index contributed by atoms with van der Waals surface area (Å²) in [5.74, 6) is -0.277. The number of hydrogen-bond acceptors (Lipinski definition) is 4. The summed E-state index contributed by atoms with van der Waals surface area (Å²) >= 11 is 1.38. The van der Waals surface area contributed by atoms with Crippen LogP contribution in [0.1, 0.15) is 31.4 Å². The number of phenols is 1. The van der Waals surface area contributed by atoms with Gasteiger partial charge in [-0.2, -0.15) is 0 Å². The second kappa shape index (κ2) is 9.72. The van der Waals surface area contributed by atoms with Crippen molar-refractivity contribution in [2.24, 2.45) is 0 Å². The molecule has 5 heteroatoms. The molecule has 142 valence electrons. The van der Waals surface area contributed by atoms with Gasteiger partial charge in [0.2, 0.25) is 0 Å². The first-order valence-electron chi connectivity index (χ1n) is 9.23. The maximum Gasteiger partial charge on any atom is 0.156 e. The van der Waals surface area contributed by atoms with Crippen LogP contribution in [0.5, 0.6) is 5.75 Å². The summed E-state index contributed by atoms with van der Waals surface area (Å²) in [4.78, 5) is 2.19. The Labute approximate surface area is 161 Å². The van der Waals surface area contributed by atoms with Gasteiger partial charge in [0, 0.05) is 43.7 Å². The van der Waals surface area contributed by atoms with Crippen molar-refractivity contribution < 1.29 is 9.50 Å². The van der Waals surface area contributed by atoms with Crippen molar-refractivity contribution in [3.63, 3.8) is 0 Å². The van der Waals surface area contributed by atoms with E-state index in [-0.39, 0.29) is 17.3 Å². The van der Waals surface area contributed by atoms with Crippen LogP contribution in [0.3, 0.4) is 0 Å². The van der Waals surface area contributed by atoms with Gasteiger partial charge in [0.15, 0.2) is 5.82 Å². The highest BCUT2D eigenvalue weighted by atomic mass is 32.2. The summed E-state index contributed by atoms with van der Waals surface area (Å²) < 4.78 is 16.6. The van der Waals surface area contributed by atoms with E-state index in [1.54, 1.807) is 17.4 Å². The van der Waals surface area contributed by atoms with Crippen LogP contribution in [-0.4, -0.2) is 31.5 Å². The molecule has 0 radical (unpaired) electrons. The van der Waals surface area contributed by atoms with Gasteiger partial charge in [0.05, 0.1) is 0 Å². The van der Waals surface area contributed by atoms with Crippen LogP contribution >= 0.6 is 11.9 Å². The van der Waals surface area contributed by atoms with Gasteiger partial charge in [0.1, 0.15) is 11.4 Å². The van der Waals surface area contributed by atoms with Gasteiger partial charge >= 0.3 is 0 Å². The Bertz CT molecular complexity index is 709. The number of rotatable bonds is 5. The van der Waals surface area contributed by atoms with Gasteiger partial charge in [0.25, 0.3) is 0 Å². The predicted molar refractivity (Wildman–Crippen MR) is 112 cm³/mol. The third-order valence-corrected chi connectivity index (χ3v) is 5.33. The molecule has 0 aliphatic carbocycles. The zero-order valence-corrected chi connectivity index (χ0v) is 16.9. The highest BCUT2D eigenvalue weighted by Gasteiger charge is 2.26. The van der Waals surface area contributed by atoms with Crippen molar-refractivity contribution in [1.29, 1.82) is 0 Å². The van der Waals surface area contributed by atoms with Crippen LogP contribution in [-0.2, 0) is 12.8 Å². The van der Waals surface area contributed by atoms with E-state index in [0.29, 0.717) is 0 Å². The molecule has 0 fully saturated rings. The standard InChI is InChI=1S/C19H23FN2OS.C2H6/c1-21(24-2)19-17(23)13-16-15(18(19)20)9-6-11-22(16)12-10-14-7-4-3-5-8-14;1-2/h3-5,7-8,13,23H,6,9-12H2,1-2H3;1-2H3. The number of fused-ring (bicyclic) bond motifs is 1. The molecule has 0 saturated heterocycles.